The van der Waals surface area contributed by atoms with Gasteiger partial charge in [-0.25, -0.2) is 17.8 Å². The van der Waals surface area contributed by atoms with Crippen LogP contribution in [0.2, 0.25) is 0 Å². The number of imidazole rings is 1. The van der Waals surface area contributed by atoms with Gasteiger partial charge in [-0.05, 0) is 29.8 Å². The minimum absolute atomic E-state index is 0.232. The number of benzene rings is 2. The summed E-state index contributed by atoms with van der Waals surface area (Å²) < 4.78 is 36.7. The summed E-state index contributed by atoms with van der Waals surface area (Å²) in [5.74, 6) is 0.315. The van der Waals surface area contributed by atoms with Crippen LogP contribution in [0.15, 0.2) is 47.4 Å². The van der Waals surface area contributed by atoms with Crippen molar-refractivity contribution in [3.05, 3.63) is 59.7 Å². The number of hydrogen-bond acceptors (Lipinski definition) is 3. The highest BCUT2D eigenvalue weighted by Gasteiger charge is 2.11. The van der Waals surface area contributed by atoms with Gasteiger partial charge in [0, 0.05) is 12.7 Å². The molecule has 1 heterocycles. The second-order valence-corrected chi connectivity index (χ2v) is 6.92. The van der Waals surface area contributed by atoms with Crippen molar-refractivity contribution in [1.29, 1.82) is 0 Å². The third-order valence-corrected chi connectivity index (χ3v) is 4.36. The highest BCUT2D eigenvalue weighted by molar-refractivity contribution is 7.90. The van der Waals surface area contributed by atoms with Crippen LogP contribution in [0, 0.1) is 5.82 Å². The molecular formula is C15H13FN2O2S. The average molecular weight is 304 g/mol. The van der Waals surface area contributed by atoms with Crippen LogP contribution in [0.3, 0.4) is 0 Å². The maximum absolute atomic E-state index is 13.6. The van der Waals surface area contributed by atoms with Crippen LogP contribution < -0.4 is 0 Å². The first kappa shape index (κ1) is 13.8. The highest BCUT2D eigenvalue weighted by atomic mass is 32.2. The van der Waals surface area contributed by atoms with Crippen molar-refractivity contribution in [3.8, 4) is 0 Å². The fraction of sp³-hybridized carbons (Fsp3) is 0.133. The lowest BCUT2D eigenvalue weighted by Gasteiger charge is -1.99. The number of nitrogens with zero attached hydrogens (tertiary/aromatic N) is 1. The number of sulfone groups is 1. The monoisotopic (exact) mass is 304 g/mol. The number of H-pyrrole nitrogens is 1. The topological polar surface area (TPSA) is 62.8 Å². The number of halogens is 1. The summed E-state index contributed by atoms with van der Waals surface area (Å²) in [5.41, 5.74) is 1.83. The molecule has 0 aliphatic carbocycles. The second-order valence-electron chi connectivity index (χ2n) is 4.90. The van der Waals surface area contributed by atoms with Gasteiger partial charge in [0.05, 0.1) is 15.9 Å². The van der Waals surface area contributed by atoms with Crippen molar-refractivity contribution in [2.75, 3.05) is 6.26 Å². The summed E-state index contributed by atoms with van der Waals surface area (Å²) in [6, 6.07) is 11.2. The van der Waals surface area contributed by atoms with Crippen molar-refractivity contribution >= 4 is 20.9 Å². The minimum Gasteiger partial charge on any atom is -0.342 e. The van der Waals surface area contributed by atoms with Gasteiger partial charge in [0.1, 0.15) is 11.6 Å². The van der Waals surface area contributed by atoms with Crippen molar-refractivity contribution in [2.45, 2.75) is 11.3 Å². The molecule has 6 heteroatoms. The van der Waals surface area contributed by atoms with Gasteiger partial charge < -0.3 is 4.98 Å². The first-order valence-corrected chi connectivity index (χ1v) is 8.25. The van der Waals surface area contributed by atoms with E-state index in [0.717, 1.165) is 6.26 Å². The Morgan fingerprint density at radius 1 is 1.19 bits per heavy atom. The molecule has 0 saturated carbocycles. The van der Waals surface area contributed by atoms with Crippen molar-refractivity contribution < 1.29 is 12.8 Å². The molecule has 0 fully saturated rings. The van der Waals surface area contributed by atoms with Crippen molar-refractivity contribution in [3.63, 3.8) is 0 Å². The molecule has 3 rings (SSSR count). The number of rotatable bonds is 3. The third-order valence-electron chi connectivity index (χ3n) is 3.25. The Morgan fingerprint density at radius 2 is 1.95 bits per heavy atom. The number of hydrogen-bond donors (Lipinski definition) is 1. The van der Waals surface area contributed by atoms with Gasteiger partial charge in [0.25, 0.3) is 0 Å². The third kappa shape index (κ3) is 2.80. The molecule has 0 spiro atoms. The number of nitrogens with one attached hydrogen (secondary N) is 1. The number of fused-ring (bicyclic) bond motifs is 1. The van der Waals surface area contributed by atoms with Crippen LogP contribution in [-0.4, -0.2) is 24.6 Å². The molecule has 108 valence electrons. The summed E-state index contributed by atoms with van der Waals surface area (Å²) in [6.07, 6.45) is 1.49. The molecule has 1 N–H and O–H groups in total. The molecule has 4 nitrogen and oxygen atoms in total. The van der Waals surface area contributed by atoms with Crippen LogP contribution in [-0.2, 0) is 16.3 Å². The first-order chi connectivity index (χ1) is 9.93. The summed E-state index contributed by atoms with van der Waals surface area (Å²) in [7, 11) is -3.26. The summed E-state index contributed by atoms with van der Waals surface area (Å²) in [6.45, 7) is 0. The Morgan fingerprint density at radius 3 is 2.67 bits per heavy atom. The van der Waals surface area contributed by atoms with Crippen LogP contribution >= 0.6 is 0 Å². The van der Waals surface area contributed by atoms with Crippen molar-refractivity contribution in [1.82, 2.24) is 9.97 Å². The molecule has 0 saturated heterocycles. The predicted molar refractivity (Wildman–Crippen MR) is 78.4 cm³/mol. The molecule has 0 unspecified atom stereocenters. The van der Waals surface area contributed by atoms with E-state index < -0.39 is 9.84 Å². The average Bonchev–Trinajstić information content (AvgIpc) is 2.81. The summed E-state index contributed by atoms with van der Waals surface area (Å²) in [4.78, 5) is 7.63. The fourth-order valence-electron chi connectivity index (χ4n) is 2.18. The maximum atomic E-state index is 13.6. The molecule has 0 amide bonds. The fourth-order valence-corrected chi connectivity index (χ4v) is 2.83. The number of aromatic nitrogens is 2. The van der Waals surface area contributed by atoms with Crippen molar-refractivity contribution in [2.24, 2.45) is 0 Å². The highest BCUT2D eigenvalue weighted by Crippen LogP contribution is 2.19. The predicted octanol–water partition coefficient (Wildman–Crippen LogP) is 2.70. The van der Waals surface area contributed by atoms with Gasteiger partial charge in [0.15, 0.2) is 9.84 Å². The Hall–Kier alpha value is -2.21. The van der Waals surface area contributed by atoms with E-state index in [2.05, 4.69) is 9.97 Å². The molecular weight excluding hydrogens is 291 g/mol. The molecule has 2 aromatic carbocycles. The second kappa shape index (κ2) is 4.96. The van der Waals surface area contributed by atoms with Gasteiger partial charge in [-0.2, -0.15) is 0 Å². The molecule has 21 heavy (non-hydrogen) atoms. The largest absolute Gasteiger partial charge is 0.342 e. The zero-order valence-electron chi connectivity index (χ0n) is 11.3. The Labute approximate surface area is 121 Å². The molecule has 0 bridgehead atoms. The molecule has 0 aliphatic rings. The Kier molecular flexibility index (Phi) is 3.25. The smallest absolute Gasteiger partial charge is 0.175 e. The van der Waals surface area contributed by atoms with Gasteiger partial charge in [-0.1, -0.05) is 18.2 Å². The lowest BCUT2D eigenvalue weighted by atomic mass is 10.1. The summed E-state index contributed by atoms with van der Waals surface area (Å²) >= 11 is 0. The minimum atomic E-state index is -3.26. The molecule has 1 aromatic heterocycles. The Balaban J connectivity index is 2.00. The van der Waals surface area contributed by atoms with Gasteiger partial charge in [-0.15, -0.1) is 0 Å². The van der Waals surface area contributed by atoms with E-state index in [9.17, 15) is 12.8 Å². The number of aromatic amines is 1. The lowest BCUT2D eigenvalue weighted by molar-refractivity contribution is 0.602. The molecule has 0 aliphatic heterocycles. The zero-order valence-corrected chi connectivity index (χ0v) is 12.1. The van der Waals surface area contributed by atoms with Crippen LogP contribution in [0.1, 0.15) is 11.4 Å². The first-order valence-electron chi connectivity index (χ1n) is 6.35. The van der Waals surface area contributed by atoms with Gasteiger partial charge in [0.2, 0.25) is 0 Å². The van der Waals surface area contributed by atoms with E-state index in [0.29, 0.717) is 28.8 Å². The Bertz CT molecular complexity index is 916. The van der Waals surface area contributed by atoms with Crippen LogP contribution in [0.5, 0.6) is 0 Å². The molecule has 0 atom stereocenters. The van der Waals surface area contributed by atoms with Gasteiger partial charge >= 0.3 is 0 Å². The van der Waals surface area contributed by atoms with E-state index in [4.69, 9.17) is 0 Å². The van der Waals surface area contributed by atoms with E-state index in [-0.39, 0.29) is 10.7 Å². The lowest BCUT2D eigenvalue weighted by Crippen LogP contribution is -1.96. The standard InChI is InChI=1S/C15H13FN2O2S/c1-21(19,20)11-6-7-13-14(9-11)18-15(17-13)8-10-4-2-3-5-12(10)16/h2-7,9H,8H2,1H3,(H,17,18). The van der Waals surface area contributed by atoms with Gasteiger partial charge in [-0.3, -0.25) is 0 Å². The summed E-state index contributed by atoms with van der Waals surface area (Å²) in [5, 5.41) is 0. The molecule has 3 aromatic rings. The van der Waals surface area contributed by atoms with Crippen LogP contribution in [0.4, 0.5) is 4.39 Å². The normalized spacial score (nSPS) is 11.9. The van der Waals surface area contributed by atoms with E-state index in [1.165, 1.54) is 12.1 Å². The van der Waals surface area contributed by atoms with E-state index >= 15 is 0 Å². The van der Waals surface area contributed by atoms with E-state index in [1.54, 1.807) is 30.3 Å². The SMILES string of the molecule is CS(=O)(=O)c1ccc2nc(Cc3ccccc3F)[nH]c2c1. The van der Waals surface area contributed by atoms with E-state index in [1.807, 2.05) is 0 Å². The molecule has 0 radical (unpaired) electrons. The maximum Gasteiger partial charge on any atom is 0.175 e. The quantitative estimate of drug-likeness (QED) is 0.809. The van der Waals surface area contributed by atoms with Crippen LogP contribution in [0.25, 0.3) is 11.0 Å². The zero-order chi connectivity index (χ0) is 15.0.